The minimum atomic E-state index is -0.813. The first kappa shape index (κ1) is 40.6. The van der Waals surface area contributed by atoms with Gasteiger partial charge in [-0.3, -0.25) is 9.78 Å². The normalized spacial score (nSPS) is 11.4. The highest BCUT2D eigenvalue weighted by molar-refractivity contribution is 7.80. The van der Waals surface area contributed by atoms with Crippen molar-refractivity contribution < 1.29 is 37.7 Å². The van der Waals surface area contributed by atoms with E-state index in [2.05, 4.69) is 15.6 Å². The molecule has 2 aromatic heterocycles. The van der Waals surface area contributed by atoms with E-state index in [-0.39, 0.29) is 42.9 Å². The van der Waals surface area contributed by atoms with E-state index in [4.69, 9.17) is 31.2 Å². The number of anilines is 1. The maximum absolute atomic E-state index is 15.3. The van der Waals surface area contributed by atoms with Crippen molar-refractivity contribution in [1.29, 1.82) is 0 Å². The molecule has 0 radical (unpaired) electrons. The Morgan fingerprint density at radius 3 is 2.24 bits per heavy atom. The number of rotatable bonds is 11. The summed E-state index contributed by atoms with van der Waals surface area (Å²) in [6, 6.07) is 24.9. The first-order valence-corrected chi connectivity index (χ1v) is 18.7. The first-order chi connectivity index (χ1) is 26.0. The van der Waals surface area contributed by atoms with Crippen LogP contribution < -0.4 is 15.4 Å². The van der Waals surface area contributed by atoms with Crippen LogP contribution in [0.4, 0.5) is 19.7 Å². The molecule has 288 valence electrons. The van der Waals surface area contributed by atoms with Crippen molar-refractivity contribution in [3.8, 4) is 21.9 Å². The number of thiophene rings is 1. The molecule has 0 spiro atoms. The smallest absolute Gasteiger partial charge is 0.453 e. The molecule has 5 rings (SSSR count). The predicted molar refractivity (Wildman–Crippen MR) is 215 cm³/mol. The maximum atomic E-state index is 15.3. The molecule has 2 heterocycles. The number of fused-ring (bicyclic) bond motifs is 1. The maximum Gasteiger partial charge on any atom is 0.508 e. The van der Waals surface area contributed by atoms with Crippen LogP contribution in [0.2, 0.25) is 0 Å². The van der Waals surface area contributed by atoms with Gasteiger partial charge in [-0.05, 0) is 88.6 Å². The van der Waals surface area contributed by atoms with E-state index in [0.29, 0.717) is 17.0 Å². The zero-order valence-corrected chi connectivity index (χ0v) is 33.1. The summed E-state index contributed by atoms with van der Waals surface area (Å²) in [5, 5.41) is 5.50. The molecule has 2 amide bonds. The number of halogens is 1. The molecule has 0 saturated heterocycles. The van der Waals surface area contributed by atoms with Crippen LogP contribution in [0.1, 0.15) is 52.7 Å². The average Bonchev–Trinajstić information content (AvgIpc) is 3.53. The quantitative estimate of drug-likeness (QED) is 0.0987. The number of carbonyl (C=O) groups is 3. The Morgan fingerprint density at radius 2 is 1.56 bits per heavy atom. The zero-order chi connectivity index (χ0) is 39.8. The molecule has 0 unspecified atom stereocenters. The van der Waals surface area contributed by atoms with Gasteiger partial charge in [0, 0.05) is 35.4 Å². The Hall–Kier alpha value is -5.60. The third kappa shape index (κ3) is 12.5. The van der Waals surface area contributed by atoms with Crippen molar-refractivity contribution in [2.24, 2.45) is 0 Å². The Kier molecular flexibility index (Phi) is 13.1. The highest BCUT2D eigenvalue weighted by Gasteiger charge is 2.24. The lowest BCUT2D eigenvalue weighted by atomic mass is 10.1. The Balaban J connectivity index is 1.23. The SMILES string of the molecule is CC(C)(C)OC(=O)OCCN(Cc1ccc(-c2cc3nccc(Oc4ccc(NC(=S)NC(=O)Cc5ccccc5)cc4F)c3s2)cc1)C(=O)OC(C)(C)C. The van der Waals surface area contributed by atoms with Crippen LogP contribution in [0, 0.1) is 5.82 Å². The fourth-order valence-corrected chi connectivity index (χ4v) is 6.41. The molecule has 2 N–H and O–H groups in total. The Morgan fingerprint density at radius 1 is 0.855 bits per heavy atom. The van der Waals surface area contributed by atoms with Gasteiger partial charge in [-0.15, -0.1) is 11.3 Å². The van der Waals surface area contributed by atoms with Gasteiger partial charge < -0.3 is 34.5 Å². The molecule has 0 aliphatic heterocycles. The zero-order valence-electron chi connectivity index (χ0n) is 31.4. The summed E-state index contributed by atoms with van der Waals surface area (Å²) in [5.74, 6) is -0.482. The third-order valence-electron chi connectivity index (χ3n) is 7.48. The number of ether oxygens (including phenoxy) is 4. The molecule has 0 bridgehead atoms. The number of pyridine rings is 1. The summed E-state index contributed by atoms with van der Waals surface area (Å²) in [6.45, 7) is 10.8. The number of aromatic nitrogens is 1. The van der Waals surface area contributed by atoms with E-state index in [1.165, 1.54) is 28.4 Å². The van der Waals surface area contributed by atoms with Gasteiger partial charge in [0.15, 0.2) is 16.7 Å². The van der Waals surface area contributed by atoms with Gasteiger partial charge in [-0.2, -0.15) is 0 Å². The fourth-order valence-electron chi connectivity index (χ4n) is 5.11. The van der Waals surface area contributed by atoms with Crippen molar-refractivity contribution in [1.82, 2.24) is 15.2 Å². The van der Waals surface area contributed by atoms with Crippen LogP contribution in [0.5, 0.6) is 11.5 Å². The summed E-state index contributed by atoms with van der Waals surface area (Å²) in [6.07, 6.45) is 0.400. The van der Waals surface area contributed by atoms with E-state index in [1.54, 1.807) is 59.9 Å². The molecular formula is C41H43FN4O7S2. The lowest BCUT2D eigenvalue weighted by Crippen LogP contribution is -2.38. The van der Waals surface area contributed by atoms with Crippen LogP contribution in [0.25, 0.3) is 20.7 Å². The van der Waals surface area contributed by atoms with Gasteiger partial charge in [0.05, 0.1) is 23.2 Å². The number of carbonyl (C=O) groups excluding carboxylic acids is 3. The number of thiocarbonyl (C=S) groups is 1. The number of hydrogen-bond acceptors (Lipinski definition) is 10. The fraction of sp³-hybridized carbons (Fsp3) is 0.293. The highest BCUT2D eigenvalue weighted by atomic mass is 32.1. The van der Waals surface area contributed by atoms with Crippen molar-refractivity contribution in [2.45, 2.75) is 65.7 Å². The van der Waals surface area contributed by atoms with Gasteiger partial charge in [0.1, 0.15) is 23.6 Å². The van der Waals surface area contributed by atoms with Gasteiger partial charge in [-0.1, -0.05) is 54.6 Å². The van der Waals surface area contributed by atoms with E-state index in [1.807, 2.05) is 60.7 Å². The van der Waals surface area contributed by atoms with Crippen LogP contribution in [0.15, 0.2) is 91.1 Å². The van der Waals surface area contributed by atoms with Gasteiger partial charge >= 0.3 is 12.2 Å². The van der Waals surface area contributed by atoms with E-state index >= 15 is 4.39 Å². The van der Waals surface area contributed by atoms with Crippen LogP contribution in [-0.4, -0.2) is 57.5 Å². The van der Waals surface area contributed by atoms with E-state index in [0.717, 1.165) is 26.3 Å². The molecule has 0 saturated carbocycles. The molecular weight excluding hydrogens is 744 g/mol. The predicted octanol–water partition coefficient (Wildman–Crippen LogP) is 9.64. The second-order valence-electron chi connectivity index (χ2n) is 14.5. The molecule has 0 aliphatic rings. The number of benzene rings is 3. The Bertz CT molecular complexity index is 2150. The summed E-state index contributed by atoms with van der Waals surface area (Å²) in [4.78, 5) is 44.3. The number of amides is 2. The van der Waals surface area contributed by atoms with Gasteiger partial charge in [-0.25, -0.2) is 14.0 Å². The molecule has 0 fully saturated rings. The Labute approximate surface area is 328 Å². The van der Waals surface area contributed by atoms with Gasteiger partial charge in [0.2, 0.25) is 5.91 Å². The minimum Gasteiger partial charge on any atom is -0.453 e. The summed E-state index contributed by atoms with van der Waals surface area (Å²) in [7, 11) is 0. The molecule has 5 aromatic rings. The van der Waals surface area contributed by atoms with Crippen LogP contribution >= 0.6 is 23.6 Å². The monoisotopic (exact) mass is 786 g/mol. The number of hydrogen-bond donors (Lipinski definition) is 2. The number of nitrogens with one attached hydrogen (secondary N) is 2. The highest BCUT2D eigenvalue weighted by Crippen LogP contribution is 2.40. The van der Waals surface area contributed by atoms with E-state index in [9.17, 15) is 14.4 Å². The second-order valence-corrected chi connectivity index (χ2v) is 15.9. The van der Waals surface area contributed by atoms with Crippen LogP contribution in [0.3, 0.4) is 0 Å². The summed E-state index contributed by atoms with van der Waals surface area (Å²) < 4.78 is 38.0. The van der Waals surface area contributed by atoms with Crippen molar-refractivity contribution in [3.05, 3.63) is 108 Å². The molecule has 0 atom stereocenters. The lowest BCUT2D eigenvalue weighted by Gasteiger charge is -2.27. The molecule has 3 aromatic carbocycles. The molecule has 55 heavy (non-hydrogen) atoms. The van der Waals surface area contributed by atoms with Crippen molar-refractivity contribution >= 4 is 62.7 Å². The molecule has 11 nitrogen and oxygen atoms in total. The van der Waals surface area contributed by atoms with Crippen molar-refractivity contribution in [2.75, 3.05) is 18.5 Å². The van der Waals surface area contributed by atoms with E-state index < -0.39 is 29.3 Å². The topological polar surface area (TPSA) is 128 Å². The van der Waals surface area contributed by atoms with Crippen LogP contribution in [-0.2, 0) is 32.0 Å². The summed E-state index contributed by atoms with van der Waals surface area (Å²) in [5.41, 5.74) is 2.19. The van der Waals surface area contributed by atoms with Gasteiger partial charge in [0.25, 0.3) is 0 Å². The third-order valence-corrected chi connectivity index (χ3v) is 8.87. The van der Waals surface area contributed by atoms with Crippen molar-refractivity contribution in [3.63, 3.8) is 0 Å². The summed E-state index contributed by atoms with van der Waals surface area (Å²) >= 11 is 6.70. The number of nitrogens with zero attached hydrogens (tertiary/aromatic N) is 2. The standard InChI is InChI=1S/C41H43FN4O7S2/c1-40(2,3)52-38(48)46(20-21-50-39(49)53-41(4,5)6)25-27-12-14-28(15-13-27)34-24-31-36(55-34)33(18-19-43-31)51-32-17-16-29(23-30(32)42)44-37(54)45-35(47)22-26-10-8-7-9-11-26/h7-19,23-24H,20-22,25H2,1-6H3,(H2,44,45,47,54). The molecule has 14 heteroatoms. The second kappa shape index (κ2) is 17.7. The average molecular weight is 787 g/mol. The molecule has 0 aliphatic carbocycles. The first-order valence-electron chi connectivity index (χ1n) is 17.4. The minimum absolute atomic E-state index is 0.00224. The lowest BCUT2D eigenvalue weighted by molar-refractivity contribution is -0.119. The largest absolute Gasteiger partial charge is 0.508 e.